The maximum absolute atomic E-state index is 13.2. The van der Waals surface area contributed by atoms with E-state index in [1.165, 1.54) is 11.6 Å². The first kappa shape index (κ1) is 24.9. The lowest BCUT2D eigenvalue weighted by Gasteiger charge is -2.33. The molecule has 35 heavy (non-hydrogen) atoms. The Bertz CT molecular complexity index is 1120. The van der Waals surface area contributed by atoms with Gasteiger partial charge < -0.3 is 10.2 Å². The average molecular weight is 490 g/mol. The topological polar surface area (TPSA) is 78.7 Å². The molecular weight excluding hydrogens is 459 g/mol. The highest BCUT2D eigenvalue weighted by atomic mass is 19.4. The number of amides is 1. The summed E-state index contributed by atoms with van der Waals surface area (Å²) in [5.74, 6) is -0.875. The highest BCUT2D eigenvalue weighted by Gasteiger charge is 2.38. The van der Waals surface area contributed by atoms with E-state index in [1.54, 1.807) is 6.07 Å². The molecule has 0 radical (unpaired) electrons. The van der Waals surface area contributed by atoms with Gasteiger partial charge in [0.25, 0.3) is 5.82 Å². The Kier molecular flexibility index (Phi) is 7.54. The SMILES string of the molecule is CCN(CC)[C@@H](CNC(=O)C1CCN(c2ccc3nnc(C(F)(F)F)n3n2)CC1)c1ccccc1. The van der Waals surface area contributed by atoms with E-state index in [0.717, 1.165) is 17.6 Å². The molecule has 11 heteroatoms. The summed E-state index contributed by atoms with van der Waals surface area (Å²) in [5.41, 5.74) is 1.21. The maximum Gasteiger partial charge on any atom is 0.453 e. The fourth-order valence-corrected chi connectivity index (χ4v) is 4.63. The Balaban J connectivity index is 1.37. The summed E-state index contributed by atoms with van der Waals surface area (Å²) in [5, 5.41) is 14.0. The van der Waals surface area contributed by atoms with Gasteiger partial charge in [-0.3, -0.25) is 9.69 Å². The predicted octanol–water partition coefficient (Wildman–Crippen LogP) is 3.56. The highest BCUT2D eigenvalue weighted by molar-refractivity contribution is 5.79. The number of hydrogen-bond acceptors (Lipinski definition) is 6. The summed E-state index contributed by atoms with van der Waals surface area (Å²) in [7, 11) is 0. The molecule has 1 atom stereocenters. The van der Waals surface area contributed by atoms with Crippen molar-refractivity contribution < 1.29 is 18.0 Å². The first-order valence-corrected chi connectivity index (χ1v) is 11.9. The van der Waals surface area contributed by atoms with Gasteiger partial charge in [0.1, 0.15) is 5.82 Å². The summed E-state index contributed by atoms with van der Waals surface area (Å²) >= 11 is 0. The molecule has 0 aliphatic carbocycles. The standard InChI is InChI=1S/C24H30F3N7O/c1-3-32(4-2)19(17-8-6-5-7-9-17)16-28-22(35)18-12-14-33(15-13-18)21-11-10-20-29-30-23(24(25,26)27)34(20)31-21/h5-11,18-19H,3-4,12-16H2,1-2H3,(H,28,35)/t19-/m0/s1. The zero-order valence-electron chi connectivity index (χ0n) is 19.9. The zero-order valence-corrected chi connectivity index (χ0v) is 19.9. The zero-order chi connectivity index (χ0) is 25.0. The van der Waals surface area contributed by atoms with Crippen LogP contribution in [0.5, 0.6) is 0 Å². The van der Waals surface area contributed by atoms with Crippen molar-refractivity contribution in [2.45, 2.75) is 38.9 Å². The number of carbonyl (C=O) groups excluding carboxylic acids is 1. The van der Waals surface area contributed by atoms with E-state index in [1.807, 2.05) is 23.1 Å². The minimum Gasteiger partial charge on any atom is -0.355 e. The molecule has 188 valence electrons. The first-order valence-electron chi connectivity index (χ1n) is 11.9. The van der Waals surface area contributed by atoms with Crippen LogP contribution >= 0.6 is 0 Å². The van der Waals surface area contributed by atoms with Crippen molar-refractivity contribution in [3.8, 4) is 0 Å². The molecule has 0 saturated carbocycles. The van der Waals surface area contributed by atoms with Crippen molar-refractivity contribution in [1.82, 2.24) is 30.0 Å². The number of piperidine rings is 1. The second-order valence-corrected chi connectivity index (χ2v) is 8.64. The van der Waals surface area contributed by atoms with Gasteiger partial charge in [0, 0.05) is 25.6 Å². The molecule has 8 nitrogen and oxygen atoms in total. The lowest BCUT2D eigenvalue weighted by atomic mass is 9.95. The van der Waals surface area contributed by atoms with Crippen LogP contribution in [0.4, 0.5) is 19.0 Å². The largest absolute Gasteiger partial charge is 0.453 e. The van der Waals surface area contributed by atoms with Gasteiger partial charge in [0.15, 0.2) is 5.65 Å². The molecule has 1 aromatic carbocycles. The number of carbonyl (C=O) groups is 1. The summed E-state index contributed by atoms with van der Waals surface area (Å²) in [6, 6.07) is 13.4. The average Bonchev–Trinajstić information content (AvgIpc) is 3.31. The Labute approximate surface area is 202 Å². The Morgan fingerprint density at radius 2 is 1.77 bits per heavy atom. The molecule has 1 fully saturated rings. The molecule has 1 aliphatic heterocycles. The molecule has 0 unspecified atom stereocenters. The van der Waals surface area contributed by atoms with Crippen LogP contribution < -0.4 is 10.2 Å². The molecule has 2 aromatic heterocycles. The second-order valence-electron chi connectivity index (χ2n) is 8.64. The minimum absolute atomic E-state index is 0.0133. The van der Waals surface area contributed by atoms with Gasteiger partial charge >= 0.3 is 6.18 Å². The summed E-state index contributed by atoms with van der Waals surface area (Å²) < 4.78 is 40.2. The molecule has 3 heterocycles. The normalized spacial score (nSPS) is 16.1. The molecule has 1 saturated heterocycles. The third-order valence-electron chi connectivity index (χ3n) is 6.60. The van der Waals surface area contributed by atoms with Crippen LogP contribution in [0.2, 0.25) is 0 Å². The molecule has 1 aliphatic rings. The van der Waals surface area contributed by atoms with Crippen molar-refractivity contribution in [2.24, 2.45) is 5.92 Å². The van der Waals surface area contributed by atoms with E-state index >= 15 is 0 Å². The van der Waals surface area contributed by atoms with Crippen molar-refractivity contribution in [2.75, 3.05) is 37.6 Å². The highest BCUT2D eigenvalue weighted by Crippen LogP contribution is 2.29. The van der Waals surface area contributed by atoms with E-state index in [0.29, 0.717) is 38.3 Å². The summed E-state index contributed by atoms with van der Waals surface area (Å²) in [4.78, 5) is 17.2. The van der Waals surface area contributed by atoms with Crippen LogP contribution in [0.3, 0.4) is 0 Å². The molecular formula is C24H30F3N7O. The Morgan fingerprint density at radius 3 is 2.40 bits per heavy atom. The number of hydrogen-bond donors (Lipinski definition) is 1. The van der Waals surface area contributed by atoms with Gasteiger partial charge in [-0.2, -0.15) is 17.7 Å². The van der Waals surface area contributed by atoms with E-state index in [-0.39, 0.29) is 23.5 Å². The summed E-state index contributed by atoms with van der Waals surface area (Å²) in [6.45, 7) is 7.56. The third kappa shape index (κ3) is 5.55. The smallest absolute Gasteiger partial charge is 0.355 e. The number of nitrogens with one attached hydrogen (secondary N) is 1. The van der Waals surface area contributed by atoms with Gasteiger partial charge in [-0.15, -0.1) is 15.3 Å². The summed E-state index contributed by atoms with van der Waals surface area (Å²) in [6.07, 6.45) is -3.44. The number of halogens is 3. The lowest BCUT2D eigenvalue weighted by molar-refractivity contribution is -0.146. The van der Waals surface area contributed by atoms with Gasteiger partial charge in [-0.25, -0.2) is 0 Å². The number of rotatable bonds is 8. The number of benzene rings is 1. The van der Waals surface area contributed by atoms with Crippen LogP contribution in [0.1, 0.15) is 44.1 Å². The van der Waals surface area contributed by atoms with Crippen LogP contribution in [0.15, 0.2) is 42.5 Å². The van der Waals surface area contributed by atoms with Crippen molar-refractivity contribution >= 4 is 17.4 Å². The van der Waals surface area contributed by atoms with E-state index < -0.39 is 12.0 Å². The quantitative estimate of drug-likeness (QED) is 0.521. The third-order valence-corrected chi connectivity index (χ3v) is 6.60. The van der Waals surface area contributed by atoms with Crippen LogP contribution in [0, 0.1) is 5.92 Å². The van der Waals surface area contributed by atoms with Crippen molar-refractivity contribution in [3.63, 3.8) is 0 Å². The first-order chi connectivity index (χ1) is 16.8. The van der Waals surface area contributed by atoms with Crippen LogP contribution in [0.25, 0.3) is 5.65 Å². The predicted molar refractivity (Wildman–Crippen MR) is 126 cm³/mol. The van der Waals surface area contributed by atoms with Gasteiger partial charge in [-0.1, -0.05) is 44.2 Å². The molecule has 0 bridgehead atoms. The molecule has 1 N–H and O–H groups in total. The molecule has 3 aromatic rings. The molecule has 0 spiro atoms. The van der Waals surface area contributed by atoms with Crippen molar-refractivity contribution in [1.29, 1.82) is 0 Å². The minimum atomic E-state index is -4.64. The Hall–Kier alpha value is -3.21. The molecule has 4 rings (SSSR count). The lowest BCUT2D eigenvalue weighted by Crippen LogP contribution is -2.44. The monoisotopic (exact) mass is 489 g/mol. The number of anilines is 1. The molecule has 1 amide bonds. The van der Waals surface area contributed by atoms with Crippen LogP contribution in [-0.2, 0) is 11.0 Å². The number of likely N-dealkylation sites (N-methyl/N-ethyl adjacent to an activating group) is 1. The van der Waals surface area contributed by atoms with Crippen molar-refractivity contribution in [3.05, 3.63) is 53.9 Å². The van der Waals surface area contributed by atoms with Crippen LogP contribution in [-0.4, -0.2) is 63.3 Å². The maximum atomic E-state index is 13.2. The van der Waals surface area contributed by atoms with E-state index in [2.05, 4.69) is 51.5 Å². The fourth-order valence-electron chi connectivity index (χ4n) is 4.63. The van der Waals surface area contributed by atoms with Gasteiger partial charge in [-0.05, 0) is 43.6 Å². The fraction of sp³-hybridized carbons (Fsp3) is 0.500. The van der Waals surface area contributed by atoms with E-state index in [4.69, 9.17) is 0 Å². The van der Waals surface area contributed by atoms with Gasteiger partial charge in [0.2, 0.25) is 5.91 Å². The number of aromatic nitrogens is 4. The Morgan fingerprint density at radius 1 is 1.09 bits per heavy atom. The van der Waals surface area contributed by atoms with E-state index in [9.17, 15) is 18.0 Å². The second kappa shape index (κ2) is 10.6. The number of fused-ring (bicyclic) bond motifs is 1. The number of alkyl halides is 3. The number of nitrogens with zero attached hydrogens (tertiary/aromatic N) is 6. The van der Waals surface area contributed by atoms with Gasteiger partial charge in [0.05, 0.1) is 6.04 Å².